The molecular weight excluding hydrogens is 798 g/mol. The van der Waals surface area contributed by atoms with Gasteiger partial charge in [0, 0.05) is 98.6 Å². The van der Waals surface area contributed by atoms with E-state index in [1.165, 1.54) is 44.6 Å². The van der Waals surface area contributed by atoms with Gasteiger partial charge in [-0.1, -0.05) is 18.6 Å². The number of piperidine rings is 1. The van der Waals surface area contributed by atoms with Gasteiger partial charge >= 0.3 is 0 Å². The van der Waals surface area contributed by atoms with Gasteiger partial charge in [0.1, 0.15) is 0 Å². The molecule has 3 saturated heterocycles. The van der Waals surface area contributed by atoms with Crippen LogP contribution < -0.4 is 14.5 Å². The Labute approximate surface area is 366 Å². The number of nitrogens with zero attached hydrogens (tertiary/aromatic N) is 7. The van der Waals surface area contributed by atoms with Crippen LogP contribution in [0.3, 0.4) is 0 Å². The first-order chi connectivity index (χ1) is 30.8. The highest BCUT2D eigenvalue weighted by Crippen LogP contribution is 2.51. The predicted molar refractivity (Wildman–Crippen MR) is 241 cm³/mol. The second-order valence-corrected chi connectivity index (χ2v) is 17.5. The molecule has 0 unspecified atom stereocenters. The fourth-order valence-electron chi connectivity index (χ4n) is 10.5. The molecule has 4 aromatic heterocycles. The number of aromatic nitrogens is 4. The molecule has 2 amide bonds. The highest BCUT2D eigenvalue weighted by molar-refractivity contribution is 6.13. The number of carbonyl (C=O) groups excluding carboxylic acids is 2. The molecule has 0 saturated carbocycles. The van der Waals surface area contributed by atoms with Crippen molar-refractivity contribution in [2.45, 2.75) is 62.2 Å². The molecule has 324 valence electrons. The first-order valence-corrected chi connectivity index (χ1v) is 22.3. The molecule has 2 aromatic carbocycles. The number of likely N-dealkylation sites (tertiary alicyclic amines) is 1. The Morgan fingerprint density at radius 2 is 1.13 bits per heavy atom. The van der Waals surface area contributed by atoms with Crippen molar-refractivity contribution in [3.05, 3.63) is 103 Å². The molecule has 0 bridgehead atoms. The maximum absolute atomic E-state index is 13.4. The van der Waals surface area contributed by atoms with Gasteiger partial charge in [-0.3, -0.25) is 19.6 Å². The number of ether oxygens (including phenoxy) is 3. The Bertz CT molecular complexity index is 2680. The quantitative estimate of drug-likeness (QED) is 0.115. The van der Waals surface area contributed by atoms with Crippen molar-refractivity contribution in [1.29, 1.82) is 0 Å². The molecule has 9 heterocycles. The van der Waals surface area contributed by atoms with Crippen LogP contribution in [0.1, 0.15) is 62.5 Å². The zero-order valence-electron chi connectivity index (χ0n) is 35.9. The second kappa shape index (κ2) is 17.0. The van der Waals surface area contributed by atoms with Gasteiger partial charge in [0.05, 0.1) is 52.2 Å². The van der Waals surface area contributed by atoms with Crippen LogP contribution in [0, 0.1) is 5.95 Å². The summed E-state index contributed by atoms with van der Waals surface area (Å²) < 4.78 is 30.3. The minimum atomic E-state index is -0.552. The molecule has 3 fully saturated rings. The summed E-state index contributed by atoms with van der Waals surface area (Å²) in [6.07, 6.45) is 14.8. The molecular formula is C50H52FN7O5. The van der Waals surface area contributed by atoms with Gasteiger partial charge < -0.3 is 28.9 Å². The first-order valence-electron chi connectivity index (χ1n) is 22.3. The zero-order valence-corrected chi connectivity index (χ0v) is 35.9. The van der Waals surface area contributed by atoms with Crippen molar-refractivity contribution in [1.82, 2.24) is 24.8 Å². The molecule has 11 rings (SSSR count). The van der Waals surface area contributed by atoms with E-state index in [1.807, 2.05) is 56.8 Å². The highest BCUT2D eigenvalue weighted by Gasteiger charge is 2.52. The molecule has 12 nitrogen and oxygen atoms in total. The molecule has 2 spiro atoms. The summed E-state index contributed by atoms with van der Waals surface area (Å²) in [5, 5.41) is 2.01. The summed E-state index contributed by atoms with van der Waals surface area (Å²) in [4.78, 5) is 50.1. The summed E-state index contributed by atoms with van der Waals surface area (Å²) in [5.41, 5.74) is 8.45. The van der Waals surface area contributed by atoms with Crippen LogP contribution in [0.2, 0.25) is 0 Å². The molecule has 0 aliphatic carbocycles. The van der Waals surface area contributed by atoms with Gasteiger partial charge in [-0.05, 0) is 112 Å². The number of halogens is 1. The van der Waals surface area contributed by atoms with E-state index in [9.17, 15) is 14.0 Å². The van der Waals surface area contributed by atoms with Crippen LogP contribution in [0.5, 0.6) is 5.88 Å². The van der Waals surface area contributed by atoms with E-state index in [0.717, 1.165) is 79.5 Å². The third kappa shape index (κ3) is 7.39. The van der Waals surface area contributed by atoms with Crippen LogP contribution >= 0.6 is 0 Å². The summed E-state index contributed by atoms with van der Waals surface area (Å²) in [5.74, 6) is 0.428. The number of rotatable bonds is 7. The van der Waals surface area contributed by atoms with Gasteiger partial charge in [-0.15, -0.1) is 0 Å². The van der Waals surface area contributed by atoms with Crippen molar-refractivity contribution >= 4 is 45.0 Å². The van der Waals surface area contributed by atoms with Crippen LogP contribution in [0.15, 0.2) is 85.5 Å². The standard InChI is InChI=1S/C29H34N4O3.C21H18FN3O2/c1-32-25-20-30-24-8-6-21(18-23(24)27(25)29(28(32)34)10-16-35-17-11-29)22-7-9-26(31-19-22)36-15-5-14-33-12-3-2-4-13-33;1-25-17-12-23-16-4-2-13(14-3-5-18(22)24-11-14)10-15(16)19(17)21(20(25)26)6-8-27-9-7-21/h6-9,18-20H,2-5,10-17H2,1H3;2-5,10-12H,6-9H2,1H3. The smallest absolute Gasteiger partial charge is 0.237 e. The number of pyridine rings is 4. The van der Waals surface area contributed by atoms with E-state index in [2.05, 4.69) is 43.0 Å². The number of hydrogen-bond acceptors (Lipinski definition) is 10. The Morgan fingerprint density at radius 1 is 0.619 bits per heavy atom. The lowest BCUT2D eigenvalue weighted by Crippen LogP contribution is -2.43. The third-order valence-electron chi connectivity index (χ3n) is 13.9. The number of benzene rings is 2. The minimum absolute atomic E-state index is 0.115. The molecule has 6 aromatic rings. The van der Waals surface area contributed by atoms with Crippen LogP contribution in [-0.4, -0.2) is 103 Å². The molecule has 0 radical (unpaired) electrons. The second-order valence-electron chi connectivity index (χ2n) is 17.5. The lowest BCUT2D eigenvalue weighted by atomic mass is 9.74. The summed E-state index contributed by atoms with van der Waals surface area (Å²) >= 11 is 0. The molecule has 0 atom stereocenters. The monoisotopic (exact) mass is 849 g/mol. The number of hydrogen-bond donors (Lipinski definition) is 0. The summed E-state index contributed by atoms with van der Waals surface area (Å²) in [6, 6.07) is 19.3. The van der Waals surface area contributed by atoms with Gasteiger partial charge in [-0.25, -0.2) is 9.97 Å². The SMILES string of the molecule is CN1C(=O)C2(CCOCC2)c2c1cnc1ccc(-c3ccc(F)nc3)cc21.CN1C(=O)C2(CCOCC2)c2c1cnc1ccc(-c3ccc(OCCCN4CCCCC4)nc3)cc21. The molecule has 0 N–H and O–H groups in total. The largest absolute Gasteiger partial charge is 0.478 e. The molecule has 5 aliphatic rings. The lowest BCUT2D eigenvalue weighted by molar-refractivity contribution is -0.126. The van der Waals surface area contributed by atoms with E-state index in [-0.39, 0.29) is 11.8 Å². The van der Waals surface area contributed by atoms with E-state index in [1.54, 1.807) is 22.1 Å². The van der Waals surface area contributed by atoms with E-state index < -0.39 is 16.8 Å². The number of likely N-dealkylation sites (N-methyl/N-ethyl adjacent to an activating group) is 2. The van der Waals surface area contributed by atoms with Crippen molar-refractivity contribution in [3.8, 4) is 28.1 Å². The van der Waals surface area contributed by atoms with Gasteiger partial charge in [0.15, 0.2) is 0 Å². The van der Waals surface area contributed by atoms with Gasteiger partial charge in [-0.2, -0.15) is 4.39 Å². The Kier molecular flexibility index (Phi) is 11.1. The van der Waals surface area contributed by atoms with Crippen molar-refractivity contribution in [2.75, 3.05) is 76.6 Å². The number of anilines is 2. The summed E-state index contributed by atoms with van der Waals surface area (Å²) in [7, 11) is 3.67. The Morgan fingerprint density at radius 3 is 1.62 bits per heavy atom. The van der Waals surface area contributed by atoms with Gasteiger partial charge in [0.25, 0.3) is 0 Å². The van der Waals surface area contributed by atoms with Crippen LogP contribution in [0.4, 0.5) is 15.8 Å². The van der Waals surface area contributed by atoms with E-state index in [4.69, 9.17) is 14.2 Å². The van der Waals surface area contributed by atoms with Crippen LogP contribution in [-0.2, 0) is 29.9 Å². The van der Waals surface area contributed by atoms with Crippen molar-refractivity contribution in [2.24, 2.45) is 0 Å². The molecule has 13 heteroatoms. The maximum Gasteiger partial charge on any atom is 0.237 e. The zero-order chi connectivity index (χ0) is 43.1. The van der Waals surface area contributed by atoms with E-state index in [0.29, 0.717) is 64.6 Å². The molecule has 5 aliphatic heterocycles. The number of fused-ring (bicyclic) bond motifs is 8. The fourth-order valence-corrected chi connectivity index (χ4v) is 10.5. The first kappa shape index (κ1) is 41.1. The molecule has 63 heavy (non-hydrogen) atoms. The van der Waals surface area contributed by atoms with Gasteiger partial charge in [0.2, 0.25) is 23.6 Å². The normalized spacial score (nSPS) is 19.1. The average molecular weight is 850 g/mol. The summed E-state index contributed by atoms with van der Waals surface area (Å²) in [6.45, 7) is 6.57. The Balaban J connectivity index is 0.000000156. The highest BCUT2D eigenvalue weighted by atomic mass is 19.1. The van der Waals surface area contributed by atoms with E-state index >= 15 is 0 Å². The number of amides is 2. The predicted octanol–water partition coefficient (Wildman–Crippen LogP) is 8.04. The fraction of sp³-hybridized carbons (Fsp3) is 0.400. The lowest BCUT2D eigenvalue weighted by Gasteiger charge is -2.32. The average Bonchev–Trinajstić information content (AvgIpc) is 3.66. The Hall–Kier alpha value is -5.89. The topological polar surface area (TPSA) is 123 Å². The van der Waals surface area contributed by atoms with Crippen LogP contribution in [0.25, 0.3) is 44.1 Å². The minimum Gasteiger partial charge on any atom is -0.478 e. The third-order valence-corrected chi connectivity index (χ3v) is 13.9. The van der Waals surface area contributed by atoms with Crippen molar-refractivity contribution in [3.63, 3.8) is 0 Å². The van der Waals surface area contributed by atoms with Crippen molar-refractivity contribution < 1.29 is 28.2 Å². The number of carbonyl (C=O) groups is 2. The maximum atomic E-state index is 13.4.